The number of nitrogens with zero attached hydrogens (tertiary/aromatic N) is 3. The number of hydrogen-bond donors (Lipinski definition) is 2. The molecule has 7 nitrogen and oxygen atoms in total. The summed E-state index contributed by atoms with van der Waals surface area (Å²) in [5.41, 5.74) is 6.75. The number of sulfonamides is 1. The van der Waals surface area contributed by atoms with Crippen molar-refractivity contribution in [1.29, 1.82) is 0 Å². The van der Waals surface area contributed by atoms with Gasteiger partial charge in [-0.2, -0.15) is 5.10 Å². The Morgan fingerprint density at radius 2 is 2.16 bits per heavy atom. The van der Waals surface area contributed by atoms with Crippen molar-refractivity contribution in [2.45, 2.75) is 11.3 Å². The molecule has 0 amide bonds. The molecule has 2 aromatic heterocycles. The first-order valence-electron chi connectivity index (χ1n) is 5.67. The van der Waals surface area contributed by atoms with Crippen LogP contribution in [0.25, 0.3) is 0 Å². The van der Waals surface area contributed by atoms with Gasteiger partial charge in [-0.25, -0.2) is 13.1 Å². The molecule has 0 saturated carbocycles. The van der Waals surface area contributed by atoms with E-state index >= 15 is 0 Å². The Labute approximate surface area is 111 Å². The maximum atomic E-state index is 12.0. The van der Waals surface area contributed by atoms with Gasteiger partial charge in [0.05, 0.1) is 5.69 Å². The quantitative estimate of drug-likeness (QED) is 0.798. The van der Waals surface area contributed by atoms with Gasteiger partial charge in [0.25, 0.3) is 0 Å². The number of pyridine rings is 1. The van der Waals surface area contributed by atoms with Crippen LogP contribution < -0.4 is 10.5 Å². The third kappa shape index (κ3) is 3.09. The highest BCUT2D eigenvalue weighted by molar-refractivity contribution is 7.89. The van der Waals surface area contributed by atoms with Crippen LogP contribution in [0.3, 0.4) is 0 Å². The van der Waals surface area contributed by atoms with E-state index in [-0.39, 0.29) is 17.1 Å². The Hall–Kier alpha value is -1.93. The minimum Gasteiger partial charge on any atom is -0.398 e. The SMILES string of the molecule is Cn1nccc1CCNS(=O)(=O)c1cnccc1N. The summed E-state index contributed by atoms with van der Waals surface area (Å²) in [5.74, 6) is 0. The van der Waals surface area contributed by atoms with Crippen LogP contribution in [0.5, 0.6) is 0 Å². The zero-order valence-corrected chi connectivity index (χ0v) is 11.3. The highest BCUT2D eigenvalue weighted by Gasteiger charge is 2.16. The highest BCUT2D eigenvalue weighted by Crippen LogP contribution is 2.15. The van der Waals surface area contributed by atoms with E-state index < -0.39 is 10.0 Å². The average molecular weight is 281 g/mol. The molecule has 0 unspecified atom stereocenters. The van der Waals surface area contributed by atoms with E-state index in [2.05, 4.69) is 14.8 Å². The van der Waals surface area contributed by atoms with Gasteiger partial charge in [-0.3, -0.25) is 9.67 Å². The van der Waals surface area contributed by atoms with Crippen LogP contribution in [0.2, 0.25) is 0 Å². The number of nitrogen functional groups attached to an aromatic ring is 1. The molecule has 0 radical (unpaired) electrons. The lowest BCUT2D eigenvalue weighted by Crippen LogP contribution is -2.27. The second-order valence-electron chi connectivity index (χ2n) is 4.01. The third-order valence-electron chi connectivity index (χ3n) is 2.70. The van der Waals surface area contributed by atoms with E-state index in [9.17, 15) is 8.42 Å². The van der Waals surface area contributed by atoms with Gasteiger partial charge in [0.2, 0.25) is 10.0 Å². The first-order chi connectivity index (χ1) is 9.00. The van der Waals surface area contributed by atoms with E-state index in [1.165, 1.54) is 18.5 Å². The molecule has 0 spiro atoms. The van der Waals surface area contributed by atoms with E-state index in [1.54, 1.807) is 10.9 Å². The van der Waals surface area contributed by atoms with Crippen molar-refractivity contribution < 1.29 is 8.42 Å². The third-order valence-corrected chi connectivity index (χ3v) is 4.21. The molecule has 2 rings (SSSR count). The summed E-state index contributed by atoms with van der Waals surface area (Å²) >= 11 is 0. The van der Waals surface area contributed by atoms with Crippen molar-refractivity contribution in [3.63, 3.8) is 0 Å². The van der Waals surface area contributed by atoms with Crippen molar-refractivity contribution in [2.24, 2.45) is 7.05 Å². The predicted octanol–water partition coefficient (Wildman–Crippen LogP) is -0.0817. The summed E-state index contributed by atoms with van der Waals surface area (Å²) < 4.78 is 28.2. The lowest BCUT2D eigenvalue weighted by atomic mass is 10.3. The Bertz CT molecular complexity index is 665. The summed E-state index contributed by atoms with van der Waals surface area (Å²) in [6, 6.07) is 3.29. The molecule has 2 heterocycles. The van der Waals surface area contributed by atoms with Gasteiger partial charge in [-0.05, 0) is 12.1 Å². The maximum Gasteiger partial charge on any atom is 0.244 e. The monoisotopic (exact) mass is 281 g/mol. The van der Waals surface area contributed by atoms with E-state index in [4.69, 9.17) is 5.73 Å². The molecule has 8 heteroatoms. The summed E-state index contributed by atoms with van der Waals surface area (Å²) in [4.78, 5) is 3.77. The molecule has 3 N–H and O–H groups in total. The smallest absolute Gasteiger partial charge is 0.244 e. The Balaban J connectivity index is 2.03. The molecule has 0 aliphatic rings. The fourth-order valence-electron chi connectivity index (χ4n) is 1.65. The molecule has 0 saturated heterocycles. The molecule has 19 heavy (non-hydrogen) atoms. The molecule has 0 aromatic carbocycles. The van der Waals surface area contributed by atoms with Gasteiger partial charge >= 0.3 is 0 Å². The van der Waals surface area contributed by atoms with Crippen molar-refractivity contribution in [3.05, 3.63) is 36.4 Å². The van der Waals surface area contributed by atoms with Gasteiger partial charge in [0.1, 0.15) is 4.90 Å². The second-order valence-corrected chi connectivity index (χ2v) is 5.74. The lowest BCUT2D eigenvalue weighted by molar-refractivity contribution is 0.579. The molecule has 0 fully saturated rings. The molecule has 102 valence electrons. The number of aryl methyl sites for hydroxylation is 1. The second kappa shape index (κ2) is 5.37. The first kappa shape index (κ1) is 13.5. The van der Waals surface area contributed by atoms with Gasteiger partial charge in [-0.1, -0.05) is 0 Å². The topological polar surface area (TPSA) is 103 Å². The van der Waals surface area contributed by atoms with Crippen LogP contribution in [-0.2, 0) is 23.5 Å². The van der Waals surface area contributed by atoms with Crippen molar-refractivity contribution in [1.82, 2.24) is 19.5 Å². The summed E-state index contributed by atoms with van der Waals surface area (Å²) in [7, 11) is -1.82. The maximum absolute atomic E-state index is 12.0. The van der Waals surface area contributed by atoms with Crippen LogP contribution in [0.1, 0.15) is 5.69 Å². The minimum absolute atomic E-state index is 0.00000567. The average Bonchev–Trinajstić information content (AvgIpc) is 2.75. The Morgan fingerprint density at radius 3 is 2.79 bits per heavy atom. The fraction of sp³-hybridized carbons (Fsp3) is 0.273. The molecule has 0 atom stereocenters. The molecule has 0 bridgehead atoms. The molecule has 2 aromatic rings. The Morgan fingerprint density at radius 1 is 1.37 bits per heavy atom. The van der Waals surface area contributed by atoms with Crippen molar-refractivity contribution >= 4 is 15.7 Å². The van der Waals surface area contributed by atoms with Gasteiger partial charge in [0.15, 0.2) is 0 Å². The van der Waals surface area contributed by atoms with Crippen molar-refractivity contribution in [2.75, 3.05) is 12.3 Å². The van der Waals surface area contributed by atoms with Crippen LogP contribution in [-0.4, -0.2) is 29.7 Å². The Kier molecular flexibility index (Phi) is 3.82. The van der Waals surface area contributed by atoms with Crippen LogP contribution in [0.4, 0.5) is 5.69 Å². The minimum atomic E-state index is -3.62. The van der Waals surface area contributed by atoms with E-state index in [0.717, 1.165) is 5.69 Å². The first-order valence-corrected chi connectivity index (χ1v) is 7.15. The summed E-state index contributed by atoms with van der Waals surface area (Å²) in [6.45, 7) is 0.274. The van der Waals surface area contributed by atoms with Crippen LogP contribution in [0.15, 0.2) is 35.6 Å². The number of nitrogens with two attached hydrogens (primary N) is 1. The van der Waals surface area contributed by atoms with E-state index in [0.29, 0.717) is 6.42 Å². The number of aromatic nitrogens is 3. The van der Waals surface area contributed by atoms with Gasteiger partial charge in [-0.15, -0.1) is 0 Å². The highest BCUT2D eigenvalue weighted by atomic mass is 32.2. The zero-order valence-electron chi connectivity index (χ0n) is 10.4. The standard InChI is InChI=1S/C11H15N5O2S/c1-16-9(2-6-14-16)3-7-15-19(17,18)11-8-13-5-4-10(11)12/h2,4-6,8,15H,3,7H2,1H3,(H2,12,13). The number of hydrogen-bond acceptors (Lipinski definition) is 5. The zero-order chi connectivity index (χ0) is 13.9. The predicted molar refractivity (Wildman–Crippen MR) is 70.7 cm³/mol. The largest absolute Gasteiger partial charge is 0.398 e. The van der Waals surface area contributed by atoms with E-state index in [1.807, 2.05) is 13.1 Å². The number of rotatable bonds is 5. The molecule has 0 aliphatic heterocycles. The normalized spacial score (nSPS) is 11.6. The molecular formula is C11H15N5O2S. The molecular weight excluding hydrogens is 266 g/mol. The fourth-order valence-corrected chi connectivity index (χ4v) is 2.76. The van der Waals surface area contributed by atoms with Crippen molar-refractivity contribution in [3.8, 4) is 0 Å². The summed E-state index contributed by atoms with van der Waals surface area (Å²) in [6.07, 6.45) is 4.91. The molecule has 0 aliphatic carbocycles. The van der Waals surface area contributed by atoms with Crippen LogP contribution >= 0.6 is 0 Å². The van der Waals surface area contributed by atoms with Gasteiger partial charge < -0.3 is 5.73 Å². The summed E-state index contributed by atoms with van der Waals surface area (Å²) in [5, 5.41) is 4.01. The lowest BCUT2D eigenvalue weighted by Gasteiger charge is -2.08. The number of nitrogens with one attached hydrogen (secondary N) is 1. The van der Waals surface area contributed by atoms with Gasteiger partial charge in [0, 0.05) is 44.3 Å². The van der Waals surface area contributed by atoms with Crippen LogP contribution in [0, 0.1) is 0 Å². The number of anilines is 1.